The molecule has 1 aromatic rings. The molecular weight excluding hydrogens is 296 g/mol. The van der Waals surface area contributed by atoms with Crippen LogP contribution in [0, 0.1) is 5.92 Å². The van der Waals surface area contributed by atoms with Crippen LogP contribution < -0.4 is 5.32 Å². The second kappa shape index (κ2) is 6.22. The molecule has 5 nitrogen and oxygen atoms in total. The largest absolute Gasteiger partial charge is 0.355 e. The van der Waals surface area contributed by atoms with Crippen molar-refractivity contribution in [2.45, 2.75) is 32.6 Å². The van der Waals surface area contributed by atoms with Crippen LogP contribution in [0.4, 0.5) is 0 Å². The molecule has 1 saturated heterocycles. The summed E-state index contributed by atoms with van der Waals surface area (Å²) in [6.45, 7) is 4.71. The standard InChI is InChI=1S/C13H20N2O3S2/c1-9(2)13-15-11(7-19-13)3-5-14-12(16)10-4-6-20(17,18)8-10/h7,9-10H,3-6,8H2,1-2H3,(H,14,16)/t10-/m0/s1. The summed E-state index contributed by atoms with van der Waals surface area (Å²) >= 11 is 1.64. The van der Waals surface area contributed by atoms with Crippen molar-refractivity contribution < 1.29 is 13.2 Å². The molecule has 112 valence electrons. The number of thiazole rings is 1. The molecule has 7 heteroatoms. The maximum absolute atomic E-state index is 11.8. The molecule has 0 radical (unpaired) electrons. The number of aromatic nitrogens is 1. The number of hydrogen-bond donors (Lipinski definition) is 1. The summed E-state index contributed by atoms with van der Waals surface area (Å²) in [5, 5.41) is 5.93. The zero-order valence-electron chi connectivity index (χ0n) is 11.8. The third kappa shape index (κ3) is 4.02. The molecule has 1 amide bonds. The summed E-state index contributed by atoms with van der Waals surface area (Å²) in [5.41, 5.74) is 0.984. The van der Waals surface area contributed by atoms with Gasteiger partial charge in [0.05, 0.1) is 28.1 Å². The summed E-state index contributed by atoms with van der Waals surface area (Å²) in [6.07, 6.45) is 1.14. The lowest BCUT2D eigenvalue weighted by Crippen LogP contribution is -2.32. The summed E-state index contributed by atoms with van der Waals surface area (Å²) in [5.74, 6) is 0.0289. The maximum Gasteiger partial charge on any atom is 0.224 e. The normalized spacial score (nSPS) is 21.2. The Morgan fingerprint density at radius 1 is 1.55 bits per heavy atom. The number of rotatable bonds is 5. The van der Waals surface area contributed by atoms with Crippen LogP contribution in [0.25, 0.3) is 0 Å². The quantitative estimate of drug-likeness (QED) is 0.890. The van der Waals surface area contributed by atoms with Gasteiger partial charge >= 0.3 is 0 Å². The van der Waals surface area contributed by atoms with Crippen LogP contribution in [0.2, 0.25) is 0 Å². The fourth-order valence-corrected chi connectivity index (χ4v) is 4.77. The number of nitrogens with one attached hydrogen (secondary N) is 1. The number of hydrogen-bond acceptors (Lipinski definition) is 5. The van der Waals surface area contributed by atoms with E-state index in [0.29, 0.717) is 25.3 Å². The van der Waals surface area contributed by atoms with Crippen LogP contribution in [0.1, 0.15) is 36.9 Å². The first-order valence-corrected chi connectivity index (χ1v) is 9.50. The van der Waals surface area contributed by atoms with E-state index in [1.807, 2.05) is 5.38 Å². The lowest BCUT2D eigenvalue weighted by atomic mass is 10.1. The van der Waals surface area contributed by atoms with Gasteiger partial charge in [0.15, 0.2) is 9.84 Å². The lowest BCUT2D eigenvalue weighted by Gasteiger charge is -2.08. The van der Waals surface area contributed by atoms with Crippen LogP contribution in [-0.4, -0.2) is 37.4 Å². The Balaban J connectivity index is 1.77. The molecule has 2 heterocycles. The molecule has 0 unspecified atom stereocenters. The molecule has 2 rings (SSSR count). The molecule has 0 aromatic carbocycles. The molecule has 1 N–H and O–H groups in total. The fraction of sp³-hybridized carbons (Fsp3) is 0.692. The van der Waals surface area contributed by atoms with Crippen molar-refractivity contribution in [3.05, 3.63) is 16.1 Å². The van der Waals surface area contributed by atoms with E-state index in [1.165, 1.54) is 0 Å². The SMILES string of the molecule is CC(C)c1nc(CCNC(=O)[C@H]2CCS(=O)(=O)C2)cs1. The highest BCUT2D eigenvalue weighted by Gasteiger charge is 2.32. The first kappa shape index (κ1) is 15.4. The monoisotopic (exact) mass is 316 g/mol. The molecule has 1 aliphatic rings. The van der Waals surface area contributed by atoms with E-state index < -0.39 is 9.84 Å². The third-order valence-corrected chi connectivity index (χ3v) is 6.31. The van der Waals surface area contributed by atoms with E-state index in [2.05, 4.69) is 24.1 Å². The van der Waals surface area contributed by atoms with E-state index in [1.54, 1.807) is 11.3 Å². The highest BCUT2D eigenvalue weighted by molar-refractivity contribution is 7.91. The average molecular weight is 316 g/mol. The Labute approximate surface area is 123 Å². The molecule has 1 aliphatic heterocycles. The summed E-state index contributed by atoms with van der Waals surface area (Å²) in [7, 11) is -3.00. The highest BCUT2D eigenvalue weighted by atomic mass is 32.2. The smallest absolute Gasteiger partial charge is 0.224 e. The minimum atomic E-state index is -3.00. The average Bonchev–Trinajstić information content (AvgIpc) is 2.95. The first-order chi connectivity index (χ1) is 9.37. The van der Waals surface area contributed by atoms with Gasteiger partial charge in [0.25, 0.3) is 0 Å². The maximum atomic E-state index is 11.8. The zero-order chi connectivity index (χ0) is 14.8. The Morgan fingerprint density at radius 3 is 2.85 bits per heavy atom. The third-order valence-electron chi connectivity index (χ3n) is 3.35. The van der Waals surface area contributed by atoms with Gasteiger partial charge in [-0.2, -0.15) is 0 Å². The van der Waals surface area contributed by atoms with Gasteiger partial charge in [-0.05, 0) is 6.42 Å². The minimum Gasteiger partial charge on any atom is -0.355 e. The number of nitrogens with zero attached hydrogens (tertiary/aromatic N) is 1. The van der Waals surface area contributed by atoms with Crippen molar-refractivity contribution in [3.8, 4) is 0 Å². The predicted octanol–water partition coefficient (Wildman–Crippen LogP) is 1.36. The molecule has 0 bridgehead atoms. The second-order valence-electron chi connectivity index (χ2n) is 5.47. The van der Waals surface area contributed by atoms with E-state index >= 15 is 0 Å². The van der Waals surface area contributed by atoms with Crippen molar-refractivity contribution in [3.63, 3.8) is 0 Å². The highest BCUT2D eigenvalue weighted by Crippen LogP contribution is 2.20. The Morgan fingerprint density at radius 2 is 2.30 bits per heavy atom. The van der Waals surface area contributed by atoms with Gasteiger partial charge in [-0.1, -0.05) is 13.8 Å². The number of sulfone groups is 1. The summed E-state index contributed by atoms with van der Waals surface area (Å²) < 4.78 is 22.6. The first-order valence-electron chi connectivity index (χ1n) is 6.80. The molecular formula is C13H20N2O3S2. The van der Waals surface area contributed by atoms with E-state index in [0.717, 1.165) is 10.7 Å². The Kier molecular flexibility index (Phi) is 4.80. The molecule has 1 fully saturated rings. The number of carbonyl (C=O) groups excluding carboxylic acids is 1. The predicted molar refractivity (Wildman–Crippen MR) is 79.7 cm³/mol. The summed E-state index contributed by atoms with van der Waals surface area (Å²) in [6, 6.07) is 0. The molecule has 1 aromatic heterocycles. The Bertz CT molecular complexity index is 578. The molecule has 0 saturated carbocycles. The van der Waals surface area contributed by atoms with Gasteiger partial charge in [0.1, 0.15) is 0 Å². The molecule has 0 aliphatic carbocycles. The zero-order valence-corrected chi connectivity index (χ0v) is 13.4. The summed E-state index contributed by atoms with van der Waals surface area (Å²) in [4.78, 5) is 16.3. The van der Waals surface area contributed by atoms with Crippen molar-refractivity contribution in [2.75, 3.05) is 18.1 Å². The van der Waals surface area contributed by atoms with Gasteiger partial charge < -0.3 is 5.32 Å². The van der Waals surface area contributed by atoms with Crippen molar-refractivity contribution >= 4 is 27.1 Å². The van der Waals surface area contributed by atoms with Crippen LogP contribution in [0.5, 0.6) is 0 Å². The van der Waals surface area contributed by atoms with E-state index in [-0.39, 0.29) is 23.3 Å². The van der Waals surface area contributed by atoms with E-state index in [4.69, 9.17) is 0 Å². The van der Waals surface area contributed by atoms with Gasteiger partial charge in [-0.3, -0.25) is 4.79 Å². The van der Waals surface area contributed by atoms with Crippen LogP contribution in [0.15, 0.2) is 5.38 Å². The molecule has 1 atom stereocenters. The molecule has 20 heavy (non-hydrogen) atoms. The Hall–Kier alpha value is -0.950. The van der Waals surface area contributed by atoms with Crippen LogP contribution in [-0.2, 0) is 21.1 Å². The molecule has 0 spiro atoms. The minimum absolute atomic E-state index is 0.00691. The number of carbonyl (C=O) groups is 1. The van der Waals surface area contributed by atoms with Gasteiger partial charge in [0, 0.05) is 24.3 Å². The second-order valence-corrected chi connectivity index (χ2v) is 8.59. The van der Waals surface area contributed by atoms with Crippen LogP contribution >= 0.6 is 11.3 Å². The lowest BCUT2D eigenvalue weighted by molar-refractivity contribution is -0.124. The van der Waals surface area contributed by atoms with Gasteiger partial charge in [0.2, 0.25) is 5.91 Å². The van der Waals surface area contributed by atoms with Gasteiger partial charge in [-0.25, -0.2) is 13.4 Å². The van der Waals surface area contributed by atoms with E-state index in [9.17, 15) is 13.2 Å². The topological polar surface area (TPSA) is 76.1 Å². The van der Waals surface area contributed by atoms with Crippen molar-refractivity contribution in [2.24, 2.45) is 5.92 Å². The van der Waals surface area contributed by atoms with Gasteiger partial charge in [-0.15, -0.1) is 11.3 Å². The van der Waals surface area contributed by atoms with Crippen molar-refractivity contribution in [1.29, 1.82) is 0 Å². The van der Waals surface area contributed by atoms with Crippen LogP contribution in [0.3, 0.4) is 0 Å². The number of amides is 1. The van der Waals surface area contributed by atoms with Crippen molar-refractivity contribution in [1.82, 2.24) is 10.3 Å². The fourth-order valence-electron chi connectivity index (χ4n) is 2.16.